The standard InChI is InChI=1S/C19H20N4O2/c1-13-11-18(24-3)23-19(21-13)22-14(2)15-6-8-16(9-7-15)25-17-5-4-10-20-12-17/h4-12,14H,1-3H3,(H,21,22,23). The highest BCUT2D eigenvalue weighted by atomic mass is 16.5. The van der Waals surface area contributed by atoms with Crippen LogP contribution in [0.5, 0.6) is 17.4 Å². The summed E-state index contributed by atoms with van der Waals surface area (Å²) >= 11 is 0. The molecule has 0 fully saturated rings. The summed E-state index contributed by atoms with van der Waals surface area (Å²) in [7, 11) is 1.59. The number of pyridine rings is 1. The van der Waals surface area contributed by atoms with Crippen LogP contribution in [0.25, 0.3) is 0 Å². The van der Waals surface area contributed by atoms with Gasteiger partial charge in [-0.15, -0.1) is 0 Å². The Balaban J connectivity index is 1.68. The number of methoxy groups -OCH3 is 1. The Bertz CT molecular complexity index is 823. The Hall–Kier alpha value is -3.15. The molecule has 6 nitrogen and oxygen atoms in total. The summed E-state index contributed by atoms with van der Waals surface area (Å²) in [6.07, 6.45) is 3.40. The fourth-order valence-electron chi connectivity index (χ4n) is 2.35. The highest BCUT2D eigenvalue weighted by Crippen LogP contribution is 2.24. The minimum absolute atomic E-state index is 0.0407. The number of hydrogen-bond donors (Lipinski definition) is 1. The molecule has 0 saturated heterocycles. The average Bonchev–Trinajstić information content (AvgIpc) is 2.62. The van der Waals surface area contributed by atoms with Gasteiger partial charge >= 0.3 is 0 Å². The Kier molecular flexibility index (Phi) is 5.09. The molecule has 1 aromatic carbocycles. The fourth-order valence-corrected chi connectivity index (χ4v) is 2.35. The van der Waals surface area contributed by atoms with Crippen LogP contribution < -0.4 is 14.8 Å². The van der Waals surface area contributed by atoms with E-state index in [0.29, 0.717) is 17.6 Å². The van der Waals surface area contributed by atoms with Gasteiger partial charge in [0.2, 0.25) is 11.8 Å². The first-order valence-electron chi connectivity index (χ1n) is 7.98. The Morgan fingerprint density at radius 1 is 1.04 bits per heavy atom. The predicted octanol–water partition coefficient (Wildman–Crippen LogP) is 4.15. The van der Waals surface area contributed by atoms with E-state index in [9.17, 15) is 0 Å². The van der Waals surface area contributed by atoms with E-state index in [0.717, 1.165) is 17.0 Å². The van der Waals surface area contributed by atoms with E-state index in [-0.39, 0.29) is 6.04 Å². The van der Waals surface area contributed by atoms with Gasteiger partial charge in [0.1, 0.15) is 11.5 Å². The second-order valence-corrected chi connectivity index (χ2v) is 5.60. The Morgan fingerprint density at radius 2 is 1.84 bits per heavy atom. The predicted molar refractivity (Wildman–Crippen MR) is 96.1 cm³/mol. The number of hydrogen-bond acceptors (Lipinski definition) is 6. The van der Waals surface area contributed by atoms with Crippen LogP contribution in [0, 0.1) is 6.92 Å². The van der Waals surface area contributed by atoms with Crippen LogP contribution in [0.1, 0.15) is 24.2 Å². The minimum atomic E-state index is 0.0407. The van der Waals surface area contributed by atoms with Crippen LogP contribution in [0.4, 0.5) is 5.95 Å². The first kappa shape index (κ1) is 16.7. The van der Waals surface area contributed by atoms with E-state index in [4.69, 9.17) is 9.47 Å². The zero-order valence-corrected chi connectivity index (χ0v) is 14.4. The normalized spacial score (nSPS) is 11.6. The molecule has 0 saturated carbocycles. The van der Waals surface area contributed by atoms with E-state index < -0.39 is 0 Å². The van der Waals surface area contributed by atoms with Gasteiger partial charge < -0.3 is 14.8 Å². The second kappa shape index (κ2) is 7.61. The third kappa shape index (κ3) is 4.44. The number of aryl methyl sites for hydroxylation is 1. The number of ether oxygens (including phenoxy) is 2. The summed E-state index contributed by atoms with van der Waals surface area (Å²) in [5, 5.41) is 3.29. The molecular formula is C19H20N4O2. The lowest BCUT2D eigenvalue weighted by Crippen LogP contribution is -2.10. The van der Waals surface area contributed by atoms with Crippen LogP contribution in [0.3, 0.4) is 0 Å². The van der Waals surface area contributed by atoms with Crippen molar-refractivity contribution in [3.63, 3.8) is 0 Å². The van der Waals surface area contributed by atoms with Gasteiger partial charge in [-0.05, 0) is 43.7 Å². The van der Waals surface area contributed by atoms with Crippen molar-refractivity contribution in [3.05, 3.63) is 66.1 Å². The molecule has 0 amide bonds. The van der Waals surface area contributed by atoms with Gasteiger partial charge in [0.25, 0.3) is 0 Å². The summed E-state index contributed by atoms with van der Waals surface area (Å²) < 4.78 is 10.9. The Labute approximate surface area is 146 Å². The van der Waals surface area contributed by atoms with Gasteiger partial charge in [-0.3, -0.25) is 4.98 Å². The smallest absolute Gasteiger partial charge is 0.226 e. The van der Waals surface area contributed by atoms with Crippen LogP contribution in [0.15, 0.2) is 54.9 Å². The van der Waals surface area contributed by atoms with Gasteiger partial charge in [0.05, 0.1) is 19.3 Å². The average molecular weight is 336 g/mol. The lowest BCUT2D eigenvalue weighted by molar-refractivity contribution is 0.397. The van der Waals surface area contributed by atoms with Crippen molar-refractivity contribution in [3.8, 4) is 17.4 Å². The second-order valence-electron chi connectivity index (χ2n) is 5.60. The van der Waals surface area contributed by atoms with Gasteiger partial charge in [0, 0.05) is 18.0 Å². The fraction of sp³-hybridized carbons (Fsp3) is 0.211. The van der Waals surface area contributed by atoms with Crippen LogP contribution in [-0.4, -0.2) is 22.1 Å². The molecule has 0 aliphatic rings. The largest absolute Gasteiger partial charge is 0.481 e. The van der Waals surface area contributed by atoms with Crippen molar-refractivity contribution < 1.29 is 9.47 Å². The Morgan fingerprint density at radius 3 is 2.52 bits per heavy atom. The summed E-state index contributed by atoms with van der Waals surface area (Å²) in [5.41, 5.74) is 1.95. The van der Waals surface area contributed by atoms with Gasteiger partial charge in [0.15, 0.2) is 0 Å². The molecule has 1 unspecified atom stereocenters. The zero-order chi connectivity index (χ0) is 17.6. The molecule has 0 aliphatic heterocycles. The van der Waals surface area contributed by atoms with E-state index in [1.165, 1.54) is 0 Å². The van der Waals surface area contributed by atoms with Gasteiger partial charge in [-0.1, -0.05) is 12.1 Å². The molecule has 6 heteroatoms. The van der Waals surface area contributed by atoms with Crippen molar-refractivity contribution in [1.82, 2.24) is 15.0 Å². The quantitative estimate of drug-likeness (QED) is 0.729. The zero-order valence-electron chi connectivity index (χ0n) is 14.4. The topological polar surface area (TPSA) is 69.2 Å². The van der Waals surface area contributed by atoms with E-state index in [1.807, 2.05) is 43.3 Å². The number of aromatic nitrogens is 3. The van der Waals surface area contributed by atoms with Crippen molar-refractivity contribution >= 4 is 5.95 Å². The lowest BCUT2D eigenvalue weighted by Gasteiger charge is -2.15. The molecule has 3 aromatic rings. The monoisotopic (exact) mass is 336 g/mol. The van der Waals surface area contributed by atoms with Crippen molar-refractivity contribution in [2.75, 3.05) is 12.4 Å². The lowest BCUT2D eigenvalue weighted by atomic mass is 10.1. The minimum Gasteiger partial charge on any atom is -0.481 e. The maximum atomic E-state index is 5.75. The van der Waals surface area contributed by atoms with E-state index in [2.05, 4.69) is 27.2 Å². The summed E-state index contributed by atoms with van der Waals surface area (Å²) in [6, 6.07) is 13.4. The molecule has 128 valence electrons. The number of anilines is 1. The highest BCUT2D eigenvalue weighted by Gasteiger charge is 2.09. The van der Waals surface area contributed by atoms with E-state index in [1.54, 1.807) is 25.6 Å². The van der Waals surface area contributed by atoms with Crippen molar-refractivity contribution in [2.45, 2.75) is 19.9 Å². The molecule has 1 atom stereocenters. The first-order chi connectivity index (χ1) is 12.1. The van der Waals surface area contributed by atoms with Gasteiger partial charge in [-0.2, -0.15) is 4.98 Å². The van der Waals surface area contributed by atoms with Crippen LogP contribution in [0.2, 0.25) is 0 Å². The molecule has 0 spiro atoms. The molecule has 25 heavy (non-hydrogen) atoms. The molecule has 0 radical (unpaired) electrons. The van der Waals surface area contributed by atoms with Crippen LogP contribution in [-0.2, 0) is 0 Å². The highest BCUT2D eigenvalue weighted by molar-refractivity contribution is 5.37. The number of nitrogens with one attached hydrogen (secondary N) is 1. The maximum Gasteiger partial charge on any atom is 0.226 e. The summed E-state index contributed by atoms with van der Waals surface area (Å²) in [6.45, 7) is 3.96. The number of benzene rings is 1. The SMILES string of the molecule is COc1cc(C)nc(NC(C)c2ccc(Oc3cccnc3)cc2)n1. The molecule has 0 bridgehead atoms. The summed E-state index contributed by atoms with van der Waals surface area (Å²) in [4.78, 5) is 12.7. The third-order valence-electron chi connectivity index (χ3n) is 3.64. The number of nitrogens with zero attached hydrogens (tertiary/aromatic N) is 3. The molecule has 2 heterocycles. The van der Waals surface area contributed by atoms with Crippen molar-refractivity contribution in [2.24, 2.45) is 0 Å². The maximum absolute atomic E-state index is 5.75. The third-order valence-corrected chi connectivity index (χ3v) is 3.64. The summed E-state index contributed by atoms with van der Waals surface area (Å²) in [5.74, 6) is 2.56. The van der Waals surface area contributed by atoms with Gasteiger partial charge in [-0.25, -0.2) is 4.98 Å². The molecule has 0 aliphatic carbocycles. The molecular weight excluding hydrogens is 316 g/mol. The first-order valence-corrected chi connectivity index (χ1v) is 7.98. The molecule has 3 rings (SSSR count). The molecule has 1 N–H and O–H groups in total. The molecule has 2 aromatic heterocycles. The number of rotatable bonds is 6. The van der Waals surface area contributed by atoms with Crippen molar-refractivity contribution in [1.29, 1.82) is 0 Å². The van der Waals surface area contributed by atoms with Crippen LogP contribution >= 0.6 is 0 Å². The van der Waals surface area contributed by atoms with E-state index >= 15 is 0 Å².